The van der Waals surface area contributed by atoms with E-state index in [1.807, 2.05) is 20.1 Å². The van der Waals surface area contributed by atoms with Gasteiger partial charge in [0.1, 0.15) is 18.1 Å². The van der Waals surface area contributed by atoms with Crippen molar-refractivity contribution in [2.75, 3.05) is 12.0 Å². The Morgan fingerprint density at radius 1 is 0.848 bits per heavy atom. The lowest BCUT2D eigenvalue weighted by atomic mass is 9.99. The predicted octanol–water partition coefficient (Wildman–Crippen LogP) is 0.173. The quantitative estimate of drug-likeness (QED) is 0.175. The average Bonchev–Trinajstić information content (AvgIpc) is 2.70. The highest BCUT2D eigenvalue weighted by atomic mass is 32.2. The number of hydrogen-bond acceptors (Lipinski definition) is 7. The summed E-state index contributed by atoms with van der Waals surface area (Å²) >= 11 is 1.55. The van der Waals surface area contributed by atoms with E-state index >= 15 is 0 Å². The van der Waals surface area contributed by atoms with Crippen LogP contribution >= 0.6 is 11.8 Å². The zero-order chi connectivity index (χ0) is 25.7. The van der Waals surface area contributed by atoms with E-state index in [1.54, 1.807) is 25.6 Å². The molecule has 4 atom stereocenters. The number of thioether (sulfide) groups is 1. The first-order chi connectivity index (χ1) is 15.3. The van der Waals surface area contributed by atoms with E-state index in [0.29, 0.717) is 12.2 Å². The molecule has 0 rings (SSSR count). The van der Waals surface area contributed by atoms with Crippen LogP contribution in [0, 0.1) is 11.8 Å². The monoisotopic (exact) mass is 490 g/mol. The Morgan fingerprint density at radius 2 is 1.42 bits per heavy atom. The number of nitrogens with one attached hydrogen (secondary N) is 3. The van der Waals surface area contributed by atoms with Crippen LogP contribution in [0.4, 0.5) is 0 Å². The lowest BCUT2D eigenvalue weighted by molar-refractivity contribution is -0.143. The first-order valence-corrected chi connectivity index (χ1v) is 12.3. The van der Waals surface area contributed by atoms with Crippen LogP contribution in [0.15, 0.2) is 0 Å². The first-order valence-electron chi connectivity index (χ1n) is 10.9. The number of carboxylic acid groups (broad SMARTS) is 2. The summed E-state index contributed by atoms with van der Waals surface area (Å²) in [4.78, 5) is 60.3. The number of nitrogens with two attached hydrogens (primary N) is 1. The van der Waals surface area contributed by atoms with Gasteiger partial charge in [-0.05, 0) is 43.1 Å². The van der Waals surface area contributed by atoms with Crippen molar-refractivity contribution >= 4 is 41.4 Å². The van der Waals surface area contributed by atoms with Gasteiger partial charge >= 0.3 is 11.9 Å². The molecule has 7 N–H and O–H groups in total. The lowest BCUT2D eigenvalue weighted by Gasteiger charge is -2.27. The fourth-order valence-electron chi connectivity index (χ4n) is 2.93. The summed E-state index contributed by atoms with van der Waals surface area (Å²) in [5, 5.41) is 25.6. The van der Waals surface area contributed by atoms with Crippen molar-refractivity contribution < 1.29 is 34.2 Å². The van der Waals surface area contributed by atoms with Gasteiger partial charge in [0.15, 0.2) is 0 Å². The summed E-state index contributed by atoms with van der Waals surface area (Å²) in [5.74, 6) is -3.98. The first kappa shape index (κ1) is 30.7. The van der Waals surface area contributed by atoms with Crippen molar-refractivity contribution in [1.29, 1.82) is 0 Å². The number of aliphatic carboxylic acids is 2. The summed E-state index contributed by atoms with van der Waals surface area (Å²) in [6.45, 7) is 7.14. The zero-order valence-corrected chi connectivity index (χ0v) is 20.7. The Labute approximate surface area is 199 Å². The minimum absolute atomic E-state index is 0.0181. The second-order valence-electron chi connectivity index (χ2n) is 8.64. The van der Waals surface area contributed by atoms with Gasteiger partial charge in [0.05, 0.1) is 6.04 Å². The van der Waals surface area contributed by atoms with Crippen molar-refractivity contribution in [3.8, 4) is 0 Å². The van der Waals surface area contributed by atoms with E-state index in [4.69, 9.17) is 10.8 Å². The standard InChI is InChI=1S/C21H38N4O7S/c1-11(2)10-15(19(29)23-14(21(31)32)6-7-16(26)27)24-20(30)17(12(3)4)25-18(28)13(22)8-9-33-5/h11-15,17H,6-10,22H2,1-5H3,(H,23,29)(H,24,30)(H,25,28)(H,26,27)(H,31,32). The Balaban J connectivity index is 5.39. The fraction of sp³-hybridized carbons (Fsp3) is 0.762. The lowest BCUT2D eigenvalue weighted by Crippen LogP contribution is -2.58. The summed E-state index contributed by atoms with van der Waals surface area (Å²) in [6.07, 6.45) is 1.83. The minimum Gasteiger partial charge on any atom is -0.481 e. The molecule has 0 aliphatic carbocycles. The highest BCUT2D eigenvalue weighted by Gasteiger charge is 2.32. The van der Waals surface area contributed by atoms with Crippen LogP contribution in [0.25, 0.3) is 0 Å². The van der Waals surface area contributed by atoms with Crippen LogP contribution in [0.2, 0.25) is 0 Å². The number of carboxylic acids is 2. The molecule has 0 radical (unpaired) electrons. The maximum atomic E-state index is 12.9. The summed E-state index contributed by atoms with van der Waals surface area (Å²) in [5.41, 5.74) is 5.88. The normalized spacial score (nSPS) is 14.8. The highest BCUT2D eigenvalue weighted by molar-refractivity contribution is 7.98. The number of rotatable bonds is 16. The molecular weight excluding hydrogens is 452 g/mol. The van der Waals surface area contributed by atoms with E-state index in [-0.39, 0.29) is 24.7 Å². The van der Waals surface area contributed by atoms with Crippen molar-refractivity contribution in [2.24, 2.45) is 17.6 Å². The molecule has 0 fully saturated rings. The van der Waals surface area contributed by atoms with Gasteiger partial charge in [-0.15, -0.1) is 0 Å². The molecule has 0 aliphatic heterocycles. The largest absolute Gasteiger partial charge is 0.481 e. The molecule has 0 aliphatic rings. The molecule has 0 saturated heterocycles. The Hall–Kier alpha value is -2.34. The van der Waals surface area contributed by atoms with Gasteiger partial charge in [0.25, 0.3) is 0 Å². The molecule has 3 amide bonds. The van der Waals surface area contributed by atoms with E-state index < -0.39 is 60.2 Å². The maximum Gasteiger partial charge on any atom is 0.326 e. The molecule has 190 valence electrons. The van der Waals surface area contributed by atoms with Crippen LogP contribution in [0.3, 0.4) is 0 Å². The molecule has 33 heavy (non-hydrogen) atoms. The van der Waals surface area contributed by atoms with E-state index in [1.165, 1.54) is 0 Å². The van der Waals surface area contributed by atoms with Crippen molar-refractivity contribution in [3.63, 3.8) is 0 Å². The summed E-state index contributed by atoms with van der Waals surface area (Å²) in [7, 11) is 0. The van der Waals surface area contributed by atoms with Gasteiger partial charge in [-0.2, -0.15) is 11.8 Å². The molecule has 4 unspecified atom stereocenters. The third-order valence-corrected chi connectivity index (χ3v) is 5.46. The van der Waals surface area contributed by atoms with Gasteiger partial charge in [0.2, 0.25) is 17.7 Å². The predicted molar refractivity (Wildman–Crippen MR) is 126 cm³/mol. The van der Waals surface area contributed by atoms with Crippen molar-refractivity contribution in [1.82, 2.24) is 16.0 Å². The van der Waals surface area contributed by atoms with Crippen molar-refractivity contribution in [2.45, 2.75) is 77.5 Å². The molecule has 0 bridgehead atoms. The summed E-state index contributed by atoms with van der Waals surface area (Å²) in [6, 6.07) is -4.18. The van der Waals surface area contributed by atoms with E-state index in [2.05, 4.69) is 16.0 Å². The number of carbonyl (C=O) groups is 5. The Morgan fingerprint density at radius 3 is 1.88 bits per heavy atom. The van der Waals surface area contributed by atoms with Crippen LogP contribution in [0.5, 0.6) is 0 Å². The van der Waals surface area contributed by atoms with Crippen LogP contribution < -0.4 is 21.7 Å². The van der Waals surface area contributed by atoms with Gasteiger partial charge in [-0.1, -0.05) is 27.7 Å². The van der Waals surface area contributed by atoms with E-state index in [9.17, 15) is 29.1 Å². The SMILES string of the molecule is CSCCC(N)C(=O)NC(C(=O)NC(CC(C)C)C(=O)NC(CCC(=O)O)C(=O)O)C(C)C. The molecule has 0 saturated carbocycles. The van der Waals surface area contributed by atoms with Crippen LogP contribution in [-0.2, 0) is 24.0 Å². The molecule has 12 heteroatoms. The molecule has 0 spiro atoms. The number of amides is 3. The smallest absolute Gasteiger partial charge is 0.326 e. The van der Waals surface area contributed by atoms with Gasteiger partial charge in [0, 0.05) is 6.42 Å². The maximum absolute atomic E-state index is 12.9. The third kappa shape index (κ3) is 12.5. The fourth-order valence-corrected chi connectivity index (χ4v) is 3.42. The Bertz CT molecular complexity index is 688. The molecule has 11 nitrogen and oxygen atoms in total. The second kappa shape index (κ2) is 15.5. The van der Waals surface area contributed by atoms with Gasteiger partial charge in [-0.25, -0.2) is 4.79 Å². The molecule has 0 aromatic carbocycles. The van der Waals surface area contributed by atoms with Gasteiger partial charge < -0.3 is 31.9 Å². The molecule has 0 heterocycles. The van der Waals surface area contributed by atoms with E-state index in [0.717, 1.165) is 0 Å². The number of carbonyl (C=O) groups excluding carboxylic acids is 3. The molecular formula is C21H38N4O7S. The second-order valence-corrected chi connectivity index (χ2v) is 9.63. The minimum atomic E-state index is -1.41. The van der Waals surface area contributed by atoms with Crippen molar-refractivity contribution in [3.05, 3.63) is 0 Å². The highest BCUT2D eigenvalue weighted by Crippen LogP contribution is 2.10. The Kier molecular flexibility index (Phi) is 14.4. The third-order valence-electron chi connectivity index (χ3n) is 4.82. The summed E-state index contributed by atoms with van der Waals surface area (Å²) < 4.78 is 0. The zero-order valence-electron chi connectivity index (χ0n) is 19.9. The van der Waals surface area contributed by atoms with Gasteiger partial charge in [-0.3, -0.25) is 19.2 Å². The van der Waals surface area contributed by atoms with Crippen LogP contribution in [-0.4, -0.2) is 76.0 Å². The molecule has 0 aromatic rings. The topological polar surface area (TPSA) is 188 Å². The molecule has 0 aromatic heterocycles. The number of hydrogen-bond donors (Lipinski definition) is 6. The van der Waals surface area contributed by atoms with Crippen LogP contribution in [0.1, 0.15) is 53.4 Å². The average molecular weight is 491 g/mol.